The van der Waals surface area contributed by atoms with Crippen LogP contribution in [0.4, 0.5) is 4.39 Å². The van der Waals surface area contributed by atoms with Gasteiger partial charge in [0.05, 0.1) is 7.11 Å². The fraction of sp³-hybridized carbons (Fsp3) is 0.533. The van der Waals surface area contributed by atoms with Gasteiger partial charge in [0.1, 0.15) is 0 Å². The zero-order valence-electron chi connectivity index (χ0n) is 11.4. The van der Waals surface area contributed by atoms with Crippen molar-refractivity contribution in [2.45, 2.75) is 38.6 Å². The third kappa shape index (κ3) is 3.46. The summed E-state index contributed by atoms with van der Waals surface area (Å²) >= 11 is 0. The predicted molar refractivity (Wildman–Crippen MR) is 71.8 cm³/mol. The lowest BCUT2D eigenvalue weighted by atomic mass is 9.87. The quantitative estimate of drug-likeness (QED) is 0.911. The molecule has 104 valence electrons. The molecule has 0 radical (unpaired) electrons. The fourth-order valence-electron chi connectivity index (χ4n) is 2.48. The molecule has 1 fully saturated rings. The molecule has 1 aromatic rings. The van der Waals surface area contributed by atoms with Gasteiger partial charge in [-0.3, -0.25) is 4.79 Å². The molecule has 0 heterocycles. The van der Waals surface area contributed by atoms with E-state index in [0.29, 0.717) is 5.56 Å². The van der Waals surface area contributed by atoms with Crippen LogP contribution < -0.4 is 10.1 Å². The predicted octanol–water partition coefficient (Wildman–Crippen LogP) is 3.14. The highest BCUT2D eigenvalue weighted by molar-refractivity contribution is 5.94. The molecule has 1 amide bonds. The molecule has 1 N–H and O–H groups in total. The Balaban J connectivity index is 1.98. The van der Waals surface area contributed by atoms with Crippen LogP contribution in [0.25, 0.3) is 0 Å². The van der Waals surface area contributed by atoms with Gasteiger partial charge in [0.25, 0.3) is 5.91 Å². The second-order valence-electron chi connectivity index (χ2n) is 5.28. The molecule has 1 aliphatic rings. The van der Waals surface area contributed by atoms with Gasteiger partial charge in [0.15, 0.2) is 11.6 Å². The van der Waals surface area contributed by atoms with Gasteiger partial charge < -0.3 is 10.1 Å². The normalized spacial score (nSPS) is 22.9. The van der Waals surface area contributed by atoms with Gasteiger partial charge in [0.2, 0.25) is 0 Å². The van der Waals surface area contributed by atoms with E-state index in [1.165, 1.54) is 19.2 Å². The summed E-state index contributed by atoms with van der Waals surface area (Å²) in [4.78, 5) is 12.0. The van der Waals surface area contributed by atoms with E-state index in [9.17, 15) is 9.18 Å². The van der Waals surface area contributed by atoms with Crippen molar-refractivity contribution in [2.75, 3.05) is 7.11 Å². The van der Waals surface area contributed by atoms with E-state index >= 15 is 0 Å². The summed E-state index contributed by atoms with van der Waals surface area (Å²) < 4.78 is 18.4. The van der Waals surface area contributed by atoms with Crippen LogP contribution in [-0.2, 0) is 0 Å². The van der Waals surface area contributed by atoms with E-state index in [1.807, 2.05) is 0 Å². The number of carbonyl (C=O) groups excluding carboxylic acids is 1. The first-order valence-corrected chi connectivity index (χ1v) is 6.74. The number of methoxy groups -OCH3 is 1. The van der Waals surface area contributed by atoms with Crippen molar-refractivity contribution in [3.63, 3.8) is 0 Å². The molecule has 2 rings (SSSR count). The van der Waals surface area contributed by atoms with E-state index in [0.717, 1.165) is 31.6 Å². The van der Waals surface area contributed by atoms with Crippen LogP contribution >= 0.6 is 0 Å². The minimum atomic E-state index is -0.507. The summed E-state index contributed by atoms with van der Waals surface area (Å²) in [6, 6.07) is 4.50. The Labute approximate surface area is 113 Å². The molecule has 0 unspecified atom stereocenters. The summed E-state index contributed by atoms with van der Waals surface area (Å²) in [5, 5.41) is 2.97. The number of hydrogen-bond acceptors (Lipinski definition) is 2. The molecular weight excluding hydrogens is 245 g/mol. The average molecular weight is 265 g/mol. The Bertz CT molecular complexity index is 453. The van der Waals surface area contributed by atoms with Crippen molar-refractivity contribution in [2.24, 2.45) is 5.92 Å². The molecule has 0 aromatic heterocycles. The highest BCUT2D eigenvalue weighted by atomic mass is 19.1. The van der Waals surface area contributed by atoms with Gasteiger partial charge in [-0.1, -0.05) is 6.92 Å². The van der Waals surface area contributed by atoms with E-state index in [-0.39, 0.29) is 17.7 Å². The van der Waals surface area contributed by atoms with Crippen molar-refractivity contribution < 1.29 is 13.9 Å². The number of halogens is 1. The second kappa shape index (κ2) is 6.04. The largest absolute Gasteiger partial charge is 0.494 e. The summed E-state index contributed by atoms with van der Waals surface area (Å²) in [6.45, 7) is 2.23. The summed E-state index contributed by atoms with van der Waals surface area (Å²) in [7, 11) is 1.40. The van der Waals surface area contributed by atoms with Crippen LogP contribution in [0, 0.1) is 11.7 Å². The summed E-state index contributed by atoms with van der Waals surface area (Å²) in [5.74, 6) is 0.183. The van der Waals surface area contributed by atoms with Crippen LogP contribution in [0.5, 0.6) is 5.75 Å². The maximum atomic E-state index is 13.5. The first-order valence-electron chi connectivity index (χ1n) is 6.74. The van der Waals surface area contributed by atoms with E-state index in [1.54, 1.807) is 6.07 Å². The van der Waals surface area contributed by atoms with E-state index in [2.05, 4.69) is 12.2 Å². The minimum absolute atomic E-state index is 0.156. The van der Waals surface area contributed by atoms with Crippen molar-refractivity contribution in [1.29, 1.82) is 0 Å². The SMILES string of the molecule is COc1ccc(C(=O)NC2CCC(C)CC2)cc1F. The molecule has 0 aliphatic heterocycles. The maximum Gasteiger partial charge on any atom is 0.251 e. The number of nitrogens with one attached hydrogen (secondary N) is 1. The number of carbonyl (C=O) groups is 1. The Morgan fingerprint density at radius 2 is 2.00 bits per heavy atom. The Kier molecular flexibility index (Phi) is 4.40. The molecule has 3 nitrogen and oxygen atoms in total. The van der Waals surface area contributed by atoms with Gasteiger partial charge in [-0.25, -0.2) is 4.39 Å². The molecule has 1 aromatic carbocycles. The Hall–Kier alpha value is -1.58. The lowest BCUT2D eigenvalue weighted by molar-refractivity contribution is 0.0922. The molecule has 0 saturated heterocycles. The Morgan fingerprint density at radius 1 is 1.32 bits per heavy atom. The van der Waals surface area contributed by atoms with Crippen LogP contribution in [0.2, 0.25) is 0 Å². The van der Waals surface area contributed by atoms with Crippen LogP contribution in [0.3, 0.4) is 0 Å². The van der Waals surface area contributed by atoms with Gasteiger partial charge in [0, 0.05) is 11.6 Å². The van der Waals surface area contributed by atoms with Crippen molar-refractivity contribution in [3.8, 4) is 5.75 Å². The van der Waals surface area contributed by atoms with E-state index < -0.39 is 5.82 Å². The first-order chi connectivity index (χ1) is 9.10. The molecule has 1 aliphatic carbocycles. The highest BCUT2D eigenvalue weighted by Crippen LogP contribution is 2.24. The van der Waals surface area contributed by atoms with Gasteiger partial charge in [-0.15, -0.1) is 0 Å². The monoisotopic (exact) mass is 265 g/mol. The lowest BCUT2D eigenvalue weighted by Gasteiger charge is -2.26. The van der Waals surface area contributed by atoms with Gasteiger partial charge >= 0.3 is 0 Å². The molecular formula is C15H20FNO2. The first kappa shape index (κ1) is 13.8. The number of amides is 1. The number of rotatable bonds is 3. The number of benzene rings is 1. The zero-order chi connectivity index (χ0) is 13.8. The molecule has 0 bridgehead atoms. The standard InChI is InChI=1S/C15H20FNO2/c1-10-3-6-12(7-4-10)17-15(18)11-5-8-14(19-2)13(16)9-11/h5,8-10,12H,3-4,6-7H2,1-2H3,(H,17,18). The van der Waals surface area contributed by atoms with Gasteiger partial charge in [-0.05, 0) is 49.8 Å². The molecule has 0 spiro atoms. The van der Waals surface area contributed by atoms with Crippen molar-refractivity contribution in [3.05, 3.63) is 29.6 Å². The van der Waals surface area contributed by atoms with Crippen molar-refractivity contribution >= 4 is 5.91 Å². The maximum absolute atomic E-state index is 13.5. The summed E-state index contributed by atoms with van der Waals surface area (Å²) in [6.07, 6.45) is 4.29. The fourth-order valence-corrected chi connectivity index (χ4v) is 2.48. The van der Waals surface area contributed by atoms with Crippen molar-refractivity contribution in [1.82, 2.24) is 5.32 Å². The van der Waals surface area contributed by atoms with Crippen LogP contribution in [0.15, 0.2) is 18.2 Å². The van der Waals surface area contributed by atoms with E-state index in [4.69, 9.17) is 4.74 Å². The minimum Gasteiger partial charge on any atom is -0.494 e. The smallest absolute Gasteiger partial charge is 0.251 e. The number of hydrogen-bond donors (Lipinski definition) is 1. The topological polar surface area (TPSA) is 38.3 Å². The lowest BCUT2D eigenvalue weighted by Crippen LogP contribution is -2.37. The van der Waals surface area contributed by atoms with Gasteiger partial charge in [-0.2, -0.15) is 0 Å². The molecule has 19 heavy (non-hydrogen) atoms. The second-order valence-corrected chi connectivity index (χ2v) is 5.28. The Morgan fingerprint density at radius 3 is 2.58 bits per heavy atom. The zero-order valence-corrected chi connectivity index (χ0v) is 11.4. The third-order valence-corrected chi connectivity index (χ3v) is 3.77. The highest BCUT2D eigenvalue weighted by Gasteiger charge is 2.20. The average Bonchev–Trinajstić information content (AvgIpc) is 2.41. The molecule has 1 saturated carbocycles. The molecule has 0 atom stereocenters. The summed E-state index contributed by atoms with van der Waals surface area (Å²) in [5.41, 5.74) is 0.344. The van der Waals surface area contributed by atoms with Crippen LogP contribution in [0.1, 0.15) is 43.0 Å². The third-order valence-electron chi connectivity index (χ3n) is 3.77. The van der Waals surface area contributed by atoms with Crippen LogP contribution in [-0.4, -0.2) is 19.1 Å². The molecule has 4 heteroatoms. The number of ether oxygens (including phenoxy) is 1.